The second-order valence-corrected chi connectivity index (χ2v) is 6.06. The van der Waals surface area contributed by atoms with Crippen LogP contribution in [0.1, 0.15) is 5.56 Å². The molecule has 5 heteroatoms. The van der Waals surface area contributed by atoms with Gasteiger partial charge in [0.05, 0.1) is 5.39 Å². The van der Waals surface area contributed by atoms with Crippen molar-refractivity contribution in [2.45, 2.75) is 6.54 Å². The Morgan fingerprint density at radius 1 is 0.958 bits per heavy atom. The Morgan fingerprint density at radius 3 is 2.46 bits per heavy atom. The minimum absolute atomic E-state index is 0.483. The topological polar surface area (TPSA) is 56.7 Å². The fourth-order valence-electron chi connectivity index (χ4n) is 2.90. The van der Waals surface area contributed by atoms with Gasteiger partial charge in [0.2, 0.25) is 0 Å². The molecule has 4 nitrogen and oxygen atoms in total. The van der Waals surface area contributed by atoms with Gasteiger partial charge in [0.25, 0.3) is 0 Å². The number of hydrogen-bond acceptors (Lipinski definition) is 3. The van der Waals surface area contributed by atoms with Crippen molar-refractivity contribution in [1.29, 1.82) is 0 Å². The van der Waals surface area contributed by atoms with Gasteiger partial charge >= 0.3 is 0 Å². The van der Waals surface area contributed by atoms with Crippen LogP contribution >= 0.6 is 11.6 Å². The molecule has 24 heavy (non-hydrogen) atoms. The van der Waals surface area contributed by atoms with Crippen molar-refractivity contribution < 1.29 is 0 Å². The van der Waals surface area contributed by atoms with Gasteiger partial charge in [-0.15, -0.1) is 0 Å². The van der Waals surface area contributed by atoms with E-state index in [-0.39, 0.29) is 0 Å². The number of benzene rings is 2. The Kier molecular flexibility index (Phi) is 3.67. The number of anilines is 1. The Hall–Kier alpha value is -2.85. The number of halogens is 1. The molecule has 4 rings (SSSR count). The Balaban J connectivity index is 1.89. The van der Waals surface area contributed by atoms with Gasteiger partial charge in [0.1, 0.15) is 17.8 Å². The van der Waals surface area contributed by atoms with Gasteiger partial charge in [0, 0.05) is 23.3 Å². The average Bonchev–Trinajstić information content (AvgIpc) is 2.97. The molecule has 0 saturated heterocycles. The lowest BCUT2D eigenvalue weighted by molar-refractivity contribution is 0.824. The highest BCUT2D eigenvalue weighted by molar-refractivity contribution is 6.30. The summed E-state index contributed by atoms with van der Waals surface area (Å²) in [5, 5.41) is 1.58. The molecule has 2 N–H and O–H groups in total. The summed E-state index contributed by atoms with van der Waals surface area (Å²) in [7, 11) is 0. The smallest absolute Gasteiger partial charge is 0.146 e. The number of nitrogens with two attached hydrogens (primary N) is 1. The summed E-state index contributed by atoms with van der Waals surface area (Å²) in [5.41, 5.74) is 10.2. The largest absolute Gasteiger partial charge is 0.383 e. The highest BCUT2D eigenvalue weighted by atomic mass is 35.5. The third-order valence-corrected chi connectivity index (χ3v) is 4.29. The summed E-state index contributed by atoms with van der Waals surface area (Å²) < 4.78 is 2.10. The summed E-state index contributed by atoms with van der Waals surface area (Å²) >= 11 is 6.01. The van der Waals surface area contributed by atoms with E-state index in [9.17, 15) is 0 Å². The van der Waals surface area contributed by atoms with E-state index >= 15 is 0 Å². The summed E-state index contributed by atoms with van der Waals surface area (Å²) in [6.45, 7) is 0.724. The second-order valence-electron chi connectivity index (χ2n) is 5.62. The molecule has 0 atom stereocenters. The zero-order valence-corrected chi connectivity index (χ0v) is 13.6. The van der Waals surface area contributed by atoms with Crippen LogP contribution in [0, 0.1) is 0 Å². The number of hydrogen-bond donors (Lipinski definition) is 1. The van der Waals surface area contributed by atoms with E-state index in [1.165, 1.54) is 11.9 Å². The SMILES string of the molecule is Nc1ncnc2c1c(-c1ccc(Cl)cc1)cn2Cc1ccccc1. The van der Waals surface area contributed by atoms with E-state index in [1.807, 2.05) is 42.5 Å². The summed E-state index contributed by atoms with van der Waals surface area (Å²) in [6, 6.07) is 18.0. The van der Waals surface area contributed by atoms with Crippen LogP contribution in [0.3, 0.4) is 0 Å². The van der Waals surface area contributed by atoms with Crippen LogP contribution in [0.5, 0.6) is 0 Å². The number of fused-ring (bicyclic) bond motifs is 1. The van der Waals surface area contributed by atoms with Crippen LogP contribution in [-0.2, 0) is 6.54 Å². The van der Waals surface area contributed by atoms with Crippen molar-refractivity contribution in [2.24, 2.45) is 0 Å². The van der Waals surface area contributed by atoms with Gasteiger partial charge in [-0.2, -0.15) is 0 Å². The molecule has 0 amide bonds. The zero-order valence-electron chi connectivity index (χ0n) is 12.9. The monoisotopic (exact) mass is 334 g/mol. The van der Waals surface area contributed by atoms with Crippen LogP contribution < -0.4 is 5.73 Å². The van der Waals surface area contributed by atoms with E-state index in [2.05, 4.69) is 32.9 Å². The Labute approximate surface area is 144 Å². The predicted molar refractivity (Wildman–Crippen MR) is 97.9 cm³/mol. The van der Waals surface area contributed by atoms with Crippen molar-refractivity contribution in [1.82, 2.24) is 14.5 Å². The number of aromatic nitrogens is 3. The van der Waals surface area contributed by atoms with Crippen LogP contribution in [0.4, 0.5) is 5.82 Å². The quantitative estimate of drug-likeness (QED) is 0.604. The first kappa shape index (κ1) is 14.7. The van der Waals surface area contributed by atoms with Crippen molar-refractivity contribution in [3.8, 4) is 11.1 Å². The van der Waals surface area contributed by atoms with E-state index in [0.29, 0.717) is 10.8 Å². The lowest BCUT2D eigenvalue weighted by Gasteiger charge is -2.04. The molecule has 0 aliphatic rings. The molecule has 0 spiro atoms. The van der Waals surface area contributed by atoms with Gasteiger partial charge in [-0.3, -0.25) is 0 Å². The van der Waals surface area contributed by atoms with Gasteiger partial charge in [0.15, 0.2) is 0 Å². The van der Waals surface area contributed by atoms with Gasteiger partial charge in [-0.05, 0) is 23.3 Å². The van der Waals surface area contributed by atoms with Gasteiger partial charge < -0.3 is 10.3 Å². The molecule has 0 aliphatic carbocycles. The first-order valence-corrected chi connectivity index (χ1v) is 7.99. The Morgan fingerprint density at radius 2 is 1.71 bits per heavy atom. The molecular weight excluding hydrogens is 320 g/mol. The molecule has 0 fully saturated rings. The Bertz CT molecular complexity index is 991. The molecule has 0 unspecified atom stereocenters. The summed E-state index contributed by atoms with van der Waals surface area (Å²) in [4.78, 5) is 8.61. The number of rotatable bonds is 3. The maximum Gasteiger partial charge on any atom is 0.146 e. The van der Waals surface area contributed by atoms with Crippen molar-refractivity contribution in [2.75, 3.05) is 5.73 Å². The molecule has 2 aromatic heterocycles. The highest BCUT2D eigenvalue weighted by Crippen LogP contribution is 2.33. The minimum atomic E-state index is 0.483. The molecule has 0 radical (unpaired) electrons. The molecule has 4 aromatic rings. The summed E-state index contributed by atoms with van der Waals surface area (Å²) in [5.74, 6) is 0.483. The third-order valence-electron chi connectivity index (χ3n) is 4.03. The first-order chi connectivity index (χ1) is 11.7. The van der Waals surface area contributed by atoms with Crippen LogP contribution in [0.15, 0.2) is 67.1 Å². The lowest BCUT2D eigenvalue weighted by Crippen LogP contribution is -2.00. The minimum Gasteiger partial charge on any atom is -0.383 e. The normalized spacial score (nSPS) is 11.0. The van der Waals surface area contributed by atoms with Crippen molar-refractivity contribution >= 4 is 28.5 Å². The molecule has 0 saturated carbocycles. The van der Waals surface area contributed by atoms with E-state index in [1.54, 1.807) is 0 Å². The van der Waals surface area contributed by atoms with Gasteiger partial charge in [-0.1, -0.05) is 54.1 Å². The summed E-state index contributed by atoms with van der Waals surface area (Å²) in [6.07, 6.45) is 3.58. The van der Waals surface area contributed by atoms with Crippen molar-refractivity contribution in [3.05, 3.63) is 77.7 Å². The number of nitrogens with zero attached hydrogens (tertiary/aromatic N) is 3. The highest BCUT2D eigenvalue weighted by Gasteiger charge is 2.15. The molecule has 118 valence electrons. The van der Waals surface area contributed by atoms with Crippen LogP contribution in [0.2, 0.25) is 5.02 Å². The maximum atomic E-state index is 6.14. The zero-order chi connectivity index (χ0) is 16.5. The molecule has 2 aromatic carbocycles. The van der Waals surface area contributed by atoms with Gasteiger partial charge in [-0.25, -0.2) is 9.97 Å². The van der Waals surface area contributed by atoms with Crippen molar-refractivity contribution in [3.63, 3.8) is 0 Å². The first-order valence-electron chi connectivity index (χ1n) is 7.61. The molecule has 2 heterocycles. The third kappa shape index (κ3) is 2.61. The maximum absolute atomic E-state index is 6.14. The molecule has 0 aliphatic heterocycles. The number of nitrogen functional groups attached to an aromatic ring is 1. The fraction of sp³-hybridized carbons (Fsp3) is 0.0526. The van der Waals surface area contributed by atoms with E-state index < -0.39 is 0 Å². The van der Waals surface area contributed by atoms with Crippen LogP contribution in [-0.4, -0.2) is 14.5 Å². The van der Waals surface area contributed by atoms with E-state index in [4.69, 9.17) is 17.3 Å². The predicted octanol–water partition coefficient (Wildman–Crippen LogP) is 4.38. The average molecular weight is 335 g/mol. The van der Waals surface area contributed by atoms with E-state index in [0.717, 1.165) is 28.7 Å². The standard InChI is InChI=1S/C19H15ClN4/c20-15-8-6-14(7-9-15)16-11-24(10-13-4-2-1-3-5-13)19-17(16)18(21)22-12-23-19/h1-9,11-12H,10H2,(H2,21,22,23). The molecular formula is C19H15ClN4. The molecule has 0 bridgehead atoms. The second kappa shape index (κ2) is 5.98. The lowest BCUT2D eigenvalue weighted by atomic mass is 10.1. The fourth-order valence-corrected chi connectivity index (χ4v) is 3.02. The van der Waals surface area contributed by atoms with Crippen LogP contribution in [0.25, 0.3) is 22.2 Å².